The number of methoxy groups -OCH3 is 2. The Hall–Kier alpha value is -3.83. The summed E-state index contributed by atoms with van der Waals surface area (Å²) in [7, 11) is -1.64. The number of para-hydroxylation sites is 2. The largest absolute Gasteiger partial charge is 0.493 e. The monoisotopic (exact) mass is 533 g/mol. The van der Waals surface area contributed by atoms with E-state index >= 15 is 0 Å². The maximum atomic E-state index is 13.9. The maximum absolute atomic E-state index is 13.9. The van der Waals surface area contributed by atoms with Gasteiger partial charge in [0.05, 0.1) is 41.2 Å². The molecule has 0 radical (unpaired) electrons. The fourth-order valence-electron chi connectivity index (χ4n) is 3.72. The molecule has 2 amide bonds. The third kappa shape index (κ3) is 4.79. The van der Waals surface area contributed by atoms with Crippen LogP contribution in [0.25, 0.3) is 0 Å². The van der Waals surface area contributed by atoms with Gasteiger partial charge >= 0.3 is 0 Å². The molecule has 0 saturated carbocycles. The fourth-order valence-corrected chi connectivity index (χ4v) is 5.32. The lowest BCUT2D eigenvalue weighted by atomic mass is 10.2. The van der Waals surface area contributed by atoms with Crippen molar-refractivity contribution in [3.8, 4) is 11.5 Å². The Morgan fingerprint density at radius 3 is 2.50 bits per heavy atom. The number of hydrogen-bond donors (Lipinski definition) is 1. The molecule has 0 aliphatic carbocycles. The highest BCUT2D eigenvalue weighted by atomic mass is 35.5. The standard InChI is InChI=1S/C24H21ClFN3O6S/c1-34-21-10-8-16(12-22(21)35-2)36(32,33)29(15-7-9-18(26)17(25)11-15)14-24(31)28-13-23(30)27-19-5-3-4-6-20(19)28/h3-12H,13-14H2,1-2H3,(H,27,30). The second kappa shape index (κ2) is 10.0. The molecule has 0 fully saturated rings. The minimum atomic E-state index is -4.40. The third-order valence-electron chi connectivity index (χ3n) is 5.48. The van der Waals surface area contributed by atoms with Gasteiger partial charge in [-0.1, -0.05) is 23.7 Å². The Balaban J connectivity index is 1.78. The van der Waals surface area contributed by atoms with Crippen molar-refractivity contribution in [1.29, 1.82) is 0 Å². The summed E-state index contributed by atoms with van der Waals surface area (Å²) in [4.78, 5) is 26.6. The Morgan fingerprint density at radius 1 is 1.08 bits per heavy atom. The molecule has 1 N–H and O–H groups in total. The lowest BCUT2D eigenvalue weighted by Crippen LogP contribution is -2.48. The van der Waals surface area contributed by atoms with Crippen LogP contribution in [0.2, 0.25) is 5.02 Å². The topological polar surface area (TPSA) is 105 Å². The summed E-state index contributed by atoms with van der Waals surface area (Å²) >= 11 is 5.93. The molecule has 1 aliphatic heterocycles. The van der Waals surface area contributed by atoms with Crippen LogP contribution in [0, 0.1) is 5.82 Å². The first-order valence-electron chi connectivity index (χ1n) is 10.5. The summed E-state index contributed by atoms with van der Waals surface area (Å²) < 4.78 is 52.6. The minimum absolute atomic E-state index is 0.0423. The molecular formula is C24H21ClFN3O6S. The van der Waals surface area contributed by atoms with Crippen LogP contribution in [-0.2, 0) is 19.6 Å². The molecule has 3 aromatic rings. The fraction of sp³-hybridized carbons (Fsp3) is 0.167. The molecule has 3 aromatic carbocycles. The maximum Gasteiger partial charge on any atom is 0.264 e. The van der Waals surface area contributed by atoms with Gasteiger partial charge in [-0.2, -0.15) is 0 Å². The normalized spacial score (nSPS) is 13.0. The van der Waals surface area contributed by atoms with Gasteiger partial charge in [0.15, 0.2) is 11.5 Å². The molecule has 12 heteroatoms. The number of halogens is 2. The van der Waals surface area contributed by atoms with Crippen LogP contribution in [0.5, 0.6) is 11.5 Å². The van der Waals surface area contributed by atoms with E-state index in [1.807, 2.05) is 0 Å². The van der Waals surface area contributed by atoms with Gasteiger partial charge in [0.2, 0.25) is 11.8 Å². The number of fused-ring (bicyclic) bond motifs is 1. The van der Waals surface area contributed by atoms with Crippen LogP contribution in [0.15, 0.2) is 65.6 Å². The van der Waals surface area contributed by atoms with Crippen molar-refractivity contribution < 1.29 is 31.9 Å². The van der Waals surface area contributed by atoms with Crippen molar-refractivity contribution in [3.05, 3.63) is 71.5 Å². The number of hydrogen-bond acceptors (Lipinski definition) is 6. The SMILES string of the molecule is COc1ccc(S(=O)(=O)N(CC(=O)N2CC(=O)Nc3ccccc32)c2ccc(F)c(Cl)c2)cc1OC. The van der Waals surface area contributed by atoms with Gasteiger partial charge in [-0.05, 0) is 42.5 Å². The zero-order chi connectivity index (χ0) is 26.0. The van der Waals surface area contributed by atoms with Gasteiger partial charge < -0.3 is 14.8 Å². The molecule has 0 saturated heterocycles. The summed E-state index contributed by atoms with van der Waals surface area (Å²) in [5, 5.41) is 2.35. The Morgan fingerprint density at radius 2 is 1.81 bits per heavy atom. The van der Waals surface area contributed by atoms with E-state index in [1.54, 1.807) is 24.3 Å². The lowest BCUT2D eigenvalue weighted by molar-refractivity contribution is -0.121. The molecule has 0 atom stereocenters. The van der Waals surface area contributed by atoms with Gasteiger partial charge in [-0.15, -0.1) is 0 Å². The zero-order valence-electron chi connectivity index (χ0n) is 19.2. The van der Waals surface area contributed by atoms with Crippen molar-refractivity contribution in [3.63, 3.8) is 0 Å². The van der Waals surface area contributed by atoms with E-state index in [2.05, 4.69) is 5.32 Å². The molecular weight excluding hydrogens is 513 g/mol. The number of nitrogens with one attached hydrogen (secondary N) is 1. The molecule has 0 aromatic heterocycles. The third-order valence-corrected chi connectivity index (χ3v) is 7.54. The van der Waals surface area contributed by atoms with Crippen LogP contribution >= 0.6 is 11.6 Å². The van der Waals surface area contributed by atoms with E-state index in [1.165, 1.54) is 43.4 Å². The molecule has 4 rings (SSSR count). The van der Waals surface area contributed by atoms with Crippen molar-refractivity contribution in [1.82, 2.24) is 0 Å². The highest BCUT2D eigenvalue weighted by Gasteiger charge is 2.33. The minimum Gasteiger partial charge on any atom is -0.493 e. The average Bonchev–Trinajstić information content (AvgIpc) is 2.87. The molecule has 36 heavy (non-hydrogen) atoms. The molecule has 0 bridgehead atoms. The quantitative estimate of drug-likeness (QED) is 0.497. The number of rotatable bonds is 7. The van der Waals surface area contributed by atoms with Gasteiger partial charge in [-0.25, -0.2) is 12.8 Å². The molecule has 9 nitrogen and oxygen atoms in total. The number of ether oxygens (including phenoxy) is 2. The average molecular weight is 534 g/mol. The molecule has 188 valence electrons. The number of anilines is 3. The van der Waals surface area contributed by atoms with E-state index in [-0.39, 0.29) is 27.9 Å². The molecule has 0 spiro atoms. The first-order valence-corrected chi connectivity index (χ1v) is 12.4. The predicted octanol–water partition coefficient (Wildman–Crippen LogP) is 3.68. The summed E-state index contributed by atoms with van der Waals surface area (Å²) in [6.45, 7) is -0.996. The van der Waals surface area contributed by atoms with Gasteiger partial charge in [0.25, 0.3) is 10.0 Å². The summed E-state index contributed by atoms with van der Waals surface area (Å²) in [6, 6.07) is 13.9. The van der Waals surface area contributed by atoms with Crippen molar-refractivity contribution in [2.45, 2.75) is 4.90 Å². The van der Waals surface area contributed by atoms with Crippen LogP contribution in [-0.4, -0.2) is 47.5 Å². The van der Waals surface area contributed by atoms with E-state index in [0.717, 1.165) is 16.4 Å². The highest BCUT2D eigenvalue weighted by Crippen LogP contribution is 2.34. The second-order valence-corrected chi connectivity index (χ2v) is 9.94. The Bertz CT molecular complexity index is 1450. The number of amides is 2. The van der Waals surface area contributed by atoms with Crippen LogP contribution in [0.1, 0.15) is 0 Å². The first kappa shape index (κ1) is 25.3. The lowest BCUT2D eigenvalue weighted by Gasteiger charge is -2.32. The Kier molecular flexibility index (Phi) is 7.04. The van der Waals surface area contributed by atoms with E-state index in [0.29, 0.717) is 17.1 Å². The second-order valence-electron chi connectivity index (χ2n) is 7.67. The van der Waals surface area contributed by atoms with E-state index < -0.39 is 34.2 Å². The number of carbonyl (C=O) groups excluding carboxylic acids is 2. The van der Waals surface area contributed by atoms with E-state index in [4.69, 9.17) is 21.1 Å². The molecule has 1 heterocycles. The van der Waals surface area contributed by atoms with Crippen molar-refractivity contribution in [2.75, 3.05) is 41.8 Å². The molecule has 1 aliphatic rings. The van der Waals surface area contributed by atoms with E-state index in [9.17, 15) is 22.4 Å². The van der Waals surface area contributed by atoms with Crippen molar-refractivity contribution in [2.24, 2.45) is 0 Å². The number of carbonyl (C=O) groups is 2. The molecule has 0 unspecified atom stereocenters. The first-order chi connectivity index (χ1) is 17.1. The van der Waals surface area contributed by atoms with Gasteiger partial charge in [0.1, 0.15) is 18.9 Å². The number of benzene rings is 3. The number of sulfonamides is 1. The van der Waals surface area contributed by atoms with Crippen LogP contribution < -0.4 is 24.0 Å². The predicted molar refractivity (Wildman–Crippen MR) is 133 cm³/mol. The summed E-state index contributed by atoms with van der Waals surface area (Å²) in [5.74, 6) is -1.40. The summed E-state index contributed by atoms with van der Waals surface area (Å²) in [5.41, 5.74) is 0.795. The van der Waals surface area contributed by atoms with Gasteiger partial charge in [0, 0.05) is 6.07 Å². The van der Waals surface area contributed by atoms with Crippen LogP contribution in [0.3, 0.4) is 0 Å². The van der Waals surface area contributed by atoms with Crippen LogP contribution in [0.4, 0.5) is 21.5 Å². The zero-order valence-corrected chi connectivity index (χ0v) is 20.8. The Labute approximate surface area is 212 Å². The highest BCUT2D eigenvalue weighted by molar-refractivity contribution is 7.92. The summed E-state index contributed by atoms with van der Waals surface area (Å²) in [6.07, 6.45) is 0. The number of nitrogens with zero attached hydrogens (tertiary/aromatic N) is 2. The van der Waals surface area contributed by atoms with Gasteiger partial charge in [-0.3, -0.25) is 18.8 Å². The smallest absolute Gasteiger partial charge is 0.264 e. The van der Waals surface area contributed by atoms with Crippen molar-refractivity contribution >= 4 is 50.5 Å².